The summed E-state index contributed by atoms with van der Waals surface area (Å²) >= 11 is 1.37. The summed E-state index contributed by atoms with van der Waals surface area (Å²) in [5.74, 6) is -0.308. The molecule has 5 nitrogen and oxygen atoms in total. The number of hydrogen-bond donors (Lipinski definition) is 2. The second-order valence-electron chi connectivity index (χ2n) is 6.14. The van der Waals surface area contributed by atoms with E-state index in [1.54, 1.807) is 49.1 Å². The number of carbonyl (C=O) groups excluding carboxylic acids is 2. The lowest BCUT2D eigenvalue weighted by molar-refractivity contribution is 0.0314. The average Bonchev–Trinajstić information content (AvgIpc) is 3.06. The lowest BCUT2D eigenvalue weighted by Gasteiger charge is -2.28. The van der Waals surface area contributed by atoms with Gasteiger partial charge in [0, 0.05) is 24.3 Å². The number of aliphatic hydroxyl groups is 1. The second-order valence-corrected chi connectivity index (χ2v) is 7.09. The van der Waals surface area contributed by atoms with E-state index < -0.39 is 5.60 Å². The molecule has 2 rings (SSSR count). The second kappa shape index (κ2) is 7.59. The van der Waals surface area contributed by atoms with Crippen molar-refractivity contribution in [2.75, 3.05) is 18.4 Å². The lowest BCUT2D eigenvalue weighted by atomic mass is 10.1. The van der Waals surface area contributed by atoms with Crippen molar-refractivity contribution in [3.05, 3.63) is 52.2 Å². The van der Waals surface area contributed by atoms with Gasteiger partial charge in [0.15, 0.2) is 0 Å². The molecular formula is C18H22N2O3S. The Balaban J connectivity index is 2.05. The van der Waals surface area contributed by atoms with E-state index in [-0.39, 0.29) is 18.4 Å². The number of thiophene rings is 1. The third-order valence-electron chi connectivity index (χ3n) is 3.38. The van der Waals surface area contributed by atoms with E-state index in [0.29, 0.717) is 22.7 Å². The van der Waals surface area contributed by atoms with Crippen LogP contribution in [0.3, 0.4) is 0 Å². The maximum atomic E-state index is 12.5. The van der Waals surface area contributed by atoms with Crippen LogP contribution in [0.15, 0.2) is 41.8 Å². The van der Waals surface area contributed by atoms with Crippen molar-refractivity contribution in [3.63, 3.8) is 0 Å². The first kappa shape index (κ1) is 18.2. The van der Waals surface area contributed by atoms with Crippen LogP contribution in [-0.4, -0.2) is 40.5 Å². The van der Waals surface area contributed by atoms with Gasteiger partial charge in [-0.15, -0.1) is 11.3 Å². The van der Waals surface area contributed by atoms with E-state index in [1.807, 2.05) is 18.4 Å². The zero-order valence-electron chi connectivity index (χ0n) is 14.1. The predicted molar refractivity (Wildman–Crippen MR) is 96.6 cm³/mol. The van der Waals surface area contributed by atoms with Crippen molar-refractivity contribution in [3.8, 4) is 0 Å². The molecule has 2 aromatic rings. The number of benzene rings is 1. The number of rotatable bonds is 6. The number of nitrogens with zero attached hydrogens (tertiary/aromatic N) is 1. The standard InChI is InChI=1S/C18H22N2O3S/c1-4-20(12-18(2,3)23)17(22)13-7-9-14(10-8-13)19-16(21)15-6-5-11-24-15/h5-11,23H,4,12H2,1-3H3,(H,19,21). The zero-order chi connectivity index (χ0) is 17.7. The fourth-order valence-electron chi connectivity index (χ4n) is 2.27. The number of anilines is 1. The van der Waals surface area contributed by atoms with Crippen LogP contribution in [0.1, 0.15) is 40.8 Å². The van der Waals surface area contributed by atoms with E-state index in [4.69, 9.17) is 0 Å². The fraction of sp³-hybridized carbons (Fsp3) is 0.333. The van der Waals surface area contributed by atoms with Gasteiger partial charge < -0.3 is 15.3 Å². The van der Waals surface area contributed by atoms with E-state index in [0.717, 1.165) is 0 Å². The van der Waals surface area contributed by atoms with Gasteiger partial charge in [-0.3, -0.25) is 9.59 Å². The van der Waals surface area contributed by atoms with Crippen LogP contribution < -0.4 is 5.32 Å². The minimum absolute atomic E-state index is 0.143. The molecule has 128 valence electrons. The van der Waals surface area contributed by atoms with Crippen molar-refractivity contribution in [2.24, 2.45) is 0 Å². The maximum absolute atomic E-state index is 12.5. The molecular weight excluding hydrogens is 324 g/mol. The highest BCUT2D eigenvalue weighted by atomic mass is 32.1. The van der Waals surface area contributed by atoms with Crippen LogP contribution in [0.4, 0.5) is 5.69 Å². The van der Waals surface area contributed by atoms with E-state index in [2.05, 4.69) is 5.32 Å². The van der Waals surface area contributed by atoms with Crippen LogP contribution in [-0.2, 0) is 0 Å². The molecule has 6 heteroatoms. The number of amides is 2. The average molecular weight is 346 g/mol. The van der Waals surface area contributed by atoms with Crippen LogP contribution in [0.2, 0.25) is 0 Å². The Bertz CT molecular complexity index is 688. The molecule has 0 aliphatic carbocycles. The Hall–Kier alpha value is -2.18. The van der Waals surface area contributed by atoms with Crippen LogP contribution in [0.5, 0.6) is 0 Å². The Morgan fingerprint density at radius 2 is 1.88 bits per heavy atom. The Kier molecular flexibility index (Phi) is 5.75. The van der Waals surface area contributed by atoms with Crippen LogP contribution >= 0.6 is 11.3 Å². The summed E-state index contributed by atoms with van der Waals surface area (Å²) < 4.78 is 0. The first-order valence-corrected chi connectivity index (χ1v) is 8.64. The zero-order valence-corrected chi connectivity index (χ0v) is 14.9. The predicted octanol–water partition coefficient (Wildman–Crippen LogP) is 3.23. The van der Waals surface area contributed by atoms with Crippen molar-refractivity contribution < 1.29 is 14.7 Å². The van der Waals surface area contributed by atoms with Gasteiger partial charge in [0.05, 0.1) is 10.5 Å². The highest BCUT2D eigenvalue weighted by molar-refractivity contribution is 7.12. The molecule has 2 amide bonds. The SMILES string of the molecule is CCN(CC(C)(C)O)C(=O)c1ccc(NC(=O)c2cccs2)cc1. The lowest BCUT2D eigenvalue weighted by Crippen LogP contribution is -2.42. The number of hydrogen-bond acceptors (Lipinski definition) is 4. The summed E-state index contributed by atoms with van der Waals surface area (Å²) in [7, 11) is 0. The summed E-state index contributed by atoms with van der Waals surface area (Å²) in [5.41, 5.74) is 0.214. The van der Waals surface area contributed by atoms with Gasteiger partial charge in [0.2, 0.25) is 0 Å². The normalized spacial score (nSPS) is 11.2. The van der Waals surface area contributed by atoms with E-state index in [1.165, 1.54) is 11.3 Å². The highest BCUT2D eigenvalue weighted by Gasteiger charge is 2.22. The number of carbonyl (C=O) groups is 2. The van der Waals surface area contributed by atoms with Gasteiger partial charge >= 0.3 is 0 Å². The molecule has 1 aromatic carbocycles. The first-order chi connectivity index (χ1) is 11.3. The summed E-state index contributed by atoms with van der Waals surface area (Å²) in [6, 6.07) is 10.4. The summed E-state index contributed by atoms with van der Waals surface area (Å²) in [5, 5.41) is 14.6. The number of likely N-dealkylation sites (N-methyl/N-ethyl adjacent to an activating group) is 1. The van der Waals surface area contributed by atoms with Gasteiger partial charge in [-0.2, -0.15) is 0 Å². The highest BCUT2D eigenvalue weighted by Crippen LogP contribution is 2.16. The first-order valence-electron chi connectivity index (χ1n) is 7.77. The van der Waals surface area contributed by atoms with Gasteiger partial charge in [-0.1, -0.05) is 6.07 Å². The Morgan fingerprint density at radius 3 is 2.38 bits per heavy atom. The summed E-state index contributed by atoms with van der Waals surface area (Å²) in [4.78, 5) is 26.7. The molecule has 0 atom stereocenters. The molecule has 2 N–H and O–H groups in total. The molecule has 24 heavy (non-hydrogen) atoms. The topological polar surface area (TPSA) is 69.6 Å². The molecule has 1 heterocycles. The van der Waals surface area contributed by atoms with Crippen molar-refractivity contribution in [1.82, 2.24) is 4.90 Å². The quantitative estimate of drug-likeness (QED) is 0.844. The molecule has 0 saturated carbocycles. The third-order valence-corrected chi connectivity index (χ3v) is 4.25. The number of nitrogens with one attached hydrogen (secondary N) is 1. The summed E-state index contributed by atoms with van der Waals surface area (Å²) in [6.07, 6.45) is 0. The van der Waals surface area contributed by atoms with Gasteiger partial charge in [0.1, 0.15) is 0 Å². The van der Waals surface area contributed by atoms with Gasteiger partial charge in [-0.05, 0) is 56.5 Å². The minimum Gasteiger partial charge on any atom is -0.389 e. The maximum Gasteiger partial charge on any atom is 0.265 e. The molecule has 0 spiro atoms. The summed E-state index contributed by atoms with van der Waals surface area (Å²) in [6.45, 7) is 6.00. The molecule has 0 radical (unpaired) electrons. The largest absolute Gasteiger partial charge is 0.389 e. The van der Waals surface area contributed by atoms with E-state index >= 15 is 0 Å². The molecule has 1 aromatic heterocycles. The Labute approximate surface area is 145 Å². The Morgan fingerprint density at radius 1 is 1.21 bits per heavy atom. The molecule has 0 fully saturated rings. The van der Waals surface area contributed by atoms with Crippen molar-refractivity contribution in [1.29, 1.82) is 0 Å². The fourth-order valence-corrected chi connectivity index (χ4v) is 2.89. The smallest absolute Gasteiger partial charge is 0.265 e. The monoisotopic (exact) mass is 346 g/mol. The van der Waals surface area contributed by atoms with Crippen LogP contribution in [0.25, 0.3) is 0 Å². The molecule has 0 bridgehead atoms. The van der Waals surface area contributed by atoms with Gasteiger partial charge in [0.25, 0.3) is 11.8 Å². The minimum atomic E-state index is -0.944. The molecule has 0 aliphatic rings. The molecule has 0 saturated heterocycles. The van der Waals surface area contributed by atoms with Crippen molar-refractivity contribution in [2.45, 2.75) is 26.4 Å². The molecule has 0 aliphatic heterocycles. The molecule has 0 unspecified atom stereocenters. The third kappa shape index (κ3) is 4.91. The van der Waals surface area contributed by atoms with Crippen molar-refractivity contribution >= 4 is 28.8 Å². The van der Waals surface area contributed by atoms with Crippen LogP contribution in [0, 0.1) is 0 Å². The van der Waals surface area contributed by atoms with E-state index in [9.17, 15) is 14.7 Å². The van der Waals surface area contributed by atoms with Gasteiger partial charge in [-0.25, -0.2) is 0 Å².